The van der Waals surface area contributed by atoms with Crippen LogP contribution in [0.1, 0.15) is 68.0 Å². The molecule has 0 aromatic heterocycles. The number of carbonyl (C=O) groups is 1. The summed E-state index contributed by atoms with van der Waals surface area (Å²) in [5, 5.41) is 0. The zero-order chi connectivity index (χ0) is 20.7. The zero-order valence-electron chi connectivity index (χ0n) is 18.3. The molecule has 5 fully saturated rings. The quantitative estimate of drug-likeness (QED) is 0.622. The number of hydrogen-bond donors (Lipinski definition) is 0. The summed E-state index contributed by atoms with van der Waals surface area (Å²) in [4.78, 5) is 16.4. The molecule has 0 N–H and O–H groups in total. The van der Waals surface area contributed by atoms with E-state index in [-0.39, 0.29) is 11.5 Å². The molecule has 0 radical (unpaired) electrons. The van der Waals surface area contributed by atoms with Gasteiger partial charge in [-0.05, 0) is 109 Å². The number of piperidine rings is 1. The number of likely N-dealkylation sites (tertiary alicyclic amines) is 1. The van der Waals surface area contributed by atoms with Gasteiger partial charge in [0, 0.05) is 6.54 Å². The summed E-state index contributed by atoms with van der Waals surface area (Å²) < 4.78 is 5.32. The summed E-state index contributed by atoms with van der Waals surface area (Å²) in [5.74, 6) is 4.54. The molecule has 3 heteroatoms. The van der Waals surface area contributed by atoms with Crippen LogP contribution in [0, 0.1) is 23.2 Å². The van der Waals surface area contributed by atoms with Crippen molar-refractivity contribution >= 4 is 5.91 Å². The van der Waals surface area contributed by atoms with Crippen LogP contribution >= 0.6 is 0 Å². The highest BCUT2D eigenvalue weighted by Gasteiger charge is 2.60. The first-order valence-corrected chi connectivity index (χ1v) is 12.2. The first-order chi connectivity index (χ1) is 15.1. The van der Waals surface area contributed by atoms with Gasteiger partial charge in [0.15, 0.2) is 0 Å². The van der Waals surface area contributed by atoms with Crippen LogP contribution in [0.3, 0.4) is 0 Å². The summed E-state index contributed by atoms with van der Waals surface area (Å²) in [6.07, 6.45) is 8.59. The van der Waals surface area contributed by atoms with E-state index in [1.54, 1.807) is 7.11 Å². The van der Waals surface area contributed by atoms with E-state index in [1.807, 2.05) is 12.1 Å². The monoisotopic (exact) mass is 413 g/mol. The smallest absolute Gasteiger partial charge is 0.229 e. The predicted molar refractivity (Wildman–Crippen MR) is 121 cm³/mol. The molecule has 31 heavy (non-hydrogen) atoms. The van der Waals surface area contributed by atoms with E-state index in [2.05, 4.69) is 35.2 Å². The minimum absolute atomic E-state index is 0.0142. The average molecular weight is 414 g/mol. The second kappa shape index (κ2) is 6.37. The lowest BCUT2D eigenvalue weighted by Crippen LogP contribution is -2.48. The summed E-state index contributed by atoms with van der Waals surface area (Å²) in [6, 6.07) is 15.6. The molecule has 6 bridgehead atoms. The molecular formula is C28H31NO2. The Morgan fingerprint density at radius 1 is 0.935 bits per heavy atom. The molecule has 2 aromatic carbocycles. The van der Waals surface area contributed by atoms with E-state index in [1.165, 1.54) is 54.4 Å². The molecule has 4 unspecified atom stereocenters. The zero-order valence-corrected chi connectivity index (χ0v) is 18.3. The van der Waals surface area contributed by atoms with E-state index in [9.17, 15) is 4.79 Å². The number of methoxy groups -OCH3 is 1. The van der Waals surface area contributed by atoms with Crippen LogP contribution in [-0.4, -0.2) is 24.5 Å². The fourth-order valence-corrected chi connectivity index (χ4v) is 8.36. The topological polar surface area (TPSA) is 29.5 Å². The Hall–Kier alpha value is -2.29. The third kappa shape index (κ3) is 2.55. The molecule has 0 spiro atoms. The van der Waals surface area contributed by atoms with Gasteiger partial charge in [0.2, 0.25) is 5.91 Å². The lowest BCUT2D eigenvalue weighted by molar-refractivity contribution is -0.149. The van der Waals surface area contributed by atoms with Gasteiger partial charge in [-0.2, -0.15) is 0 Å². The number of hydrogen-bond acceptors (Lipinski definition) is 2. The molecule has 2 aromatic rings. The molecule has 1 saturated heterocycles. The number of rotatable bonds is 3. The Labute approximate surface area is 184 Å². The number of ether oxygens (including phenoxy) is 1. The first-order valence-electron chi connectivity index (χ1n) is 12.2. The van der Waals surface area contributed by atoms with Crippen LogP contribution in [0.2, 0.25) is 0 Å². The van der Waals surface area contributed by atoms with Crippen molar-refractivity contribution in [3.63, 3.8) is 0 Å². The standard InChI is InChI=1S/C28H31NO2/c1-31-23-5-2-18(3-6-23)19-4-7-24-20-8-9-29(26(13-20)25(24)12-19)27(30)28-14-17-10-21(15-28)22(11-17)16-28/h2-7,12,17,20-22,26H,8-11,13-16H2,1H3. The molecule has 6 aliphatic rings. The number of fused-ring (bicyclic) bond motifs is 5. The molecule has 1 heterocycles. The van der Waals surface area contributed by atoms with Crippen molar-refractivity contribution in [2.75, 3.05) is 13.7 Å². The Bertz CT molecular complexity index is 1040. The third-order valence-corrected chi connectivity index (χ3v) is 9.55. The van der Waals surface area contributed by atoms with E-state index >= 15 is 0 Å². The molecule has 4 saturated carbocycles. The summed E-state index contributed by atoms with van der Waals surface area (Å²) in [5.41, 5.74) is 5.36. The fraction of sp³-hybridized carbons (Fsp3) is 0.536. The second-order valence-corrected chi connectivity index (χ2v) is 11.1. The van der Waals surface area contributed by atoms with Crippen LogP contribution in [0.25, 0.3) is 11.1 Å². The van der Waals surface area contributed by atoms with Gasteiger partial charge >= 0.3 is 0 Å². The summed E-state index contributed by atoms with van der Waals surface area (Å²) in [6.45, 7) is 0.947. The SMILES string of the molecule is COc1ccc(-c2ccc3c(c2)C2CC3CCN2C(=O)C23CC4CC(C2)C(C4)C3)cc1. The van der Waals surface area contributed by atoms with Crippen molar-refractivity contribution < 1.29 is 9.53 Å². The van der Waals surface area contributed by atoms with Gasteiger partial charge in [0.05, 0.1) is 18.6 Å². The van der Waals surface area contributed by atoms with Crippen molar-refractivity contribution in [2.45, 2.75) is 56.9 Å². The Morgan fingerprint density at radius 2 is 1.68 bits per heavy atom. The van der Waals surface area contributed by atoms with Gasteiger partial charge in [-0.15, -0.1) is 0 Å². The van der Waals surface area contributed by atoms with E-state index in [4.69, 9.17) is 4.74 Å². The van der Waals surface area contributed by atoms with Crippen LogP contribution < -0.4 is 4.74 Å². The van der Waals surface area contributed by atoms with Crippen molar-refractivity contribution in [3.8, 4) is 16.9 Å². The van der Waals surface area contributed by atoms with E-state index in [0.29, 0.717) is 11.8 Å². The highest BCUT2D eigenvalue weighted by molar-refractivity contribution is 5.84. The molecule has 5 aliphatic carbocycles. The third-order valence-electron chi connectivity index (χ3n) is 9.55. The van der Waals surface area contributed by atoms with Crippen molar-refractivity contribution in [2.24, 2.45) is 23.2 Å². The Morgan fingerprint density at radius 3 is 2.39 bits per heavy atom. The number of benzene rings is 2. The van der Waals surface area contributed by atoms with Crippen molar-refractivity contribution in [3.05, 3.63) is 53.6 Å². The number of carbonyl (C=O) groups excluding carboxylic acids is 1. The normalized spacial score (nSPS) is 36.7. The van der Waals surface area contributed by atoms with Crippen LogP contribution in [0.5, 0.6) is 5.75 Å². The molecule has 1 amide bonds. The van der Waals surface area contributed by atoms with Gasteiger partial charge in [-0.1, -0.05) is 24.3 Å². The maximum atomic E-state index is 14.0. The fourth-order valence-electron chi connectivity index (χ4n) is 8.36. The Balaban J connectivity index is 1.22. The van der Waals surface area contributed by atoms with Crippen LogP contribution in [0.15, 0.2) is 42.5 Å². The summed E-state index contributed by atoms with van der Waals surface area (Å²) >= 11 is 0. The van der Waals surface area contributed by atoms with E-state index in [0.717, 1.165) is 42.9 Å². The Kier molecular flexibility index (Phi) is 3.76. The van der Waals surface area contributed by atoms with Gasteiger partial charge in [0.1, 0.15) is 5.75 Å². The lowest BCUT2D eigenvalue weighted by Gasteiger charge is -2.44. The minimum Gasteiger partial charge on any atom is -0.497 e. The molecule has 1 aliphatic heterocycles. The van der Waals surface area contributed by atoms with Crippen LogP contribution in [0.4, 0.5) is 0 Å². The van der Waals surface area contributed by atoms with Gasteiger partial charge in [-0.3, -0.25) is 4.79 Å². The van der Waals surface area contributed by atoms with Gasteiger partial charge in [-0.25, -0.2) is 0 Å². The molecular weight excluding hydrogens is 382 g/mol. The highest BCUT2D eigenvalue weighted by Crippen LogP contribution is 2.65. The highest BCUT2D eigenvalue weighted by atomic mass is 16.5. The molecule has 8 rings (SSSR count). The molecule has 4 atom stereocenters. The number of amides is 1. The van der Waals surface area contributed by atoms with Gasteiger partial charge in [0.25, 0.3) is 0 Å². The van der Waals surface area contributed by atoms with E-state index < -0.39 is 0 Å². The number of nitrogens with zero attached hydrogens (tertiary/aromatic N) is 1. The average Bonchev–Trinajstić information content (AvgIpc) is 3.36. The van der Waals surface area contributed by atoms with Gasteiger partial charge < -0.3 is 9.64 Å². The predicted octanol–water partition coefficient (Wildman–Crippen LogP) is 5.95. The van der Waals surface area contributed by atoms with Crippen molar-refractivity contribution in [1.29, 1.82) is 0 Å². The molecule has 3 nitrogen and oxygen atoms in total. The minimum atomic E-state index is -0.0142. The maximum Gasteiger partial charge on any atom is 0.229 e. The maximum absolute atomic E-state index is 14.0. The largest absolute Gasteiger partial charge is 0.497 e. The molecule has 160 valence electrons. The van der Waals surface area contributed by atoms with Crippen LogP contribution in [-0.2, 0) is 4.79 Å². The first kappa shape index (κ1) is 18.3. The lowest BCUT2D eigenvalue weighted by atomic mass is 9.68. The van der Waals surface area contributed by atoms with Crippen molar-refractivity contribution in [1.82, 2.24) is 4.90 Å². The summed E-state index contributed by atoms with van der Waals surface area (Å²) in [7, 11) is 1.71. The second-order valence-electron chi connectivity index (χ2n) is 11.1.